The number of hydrogen-bond acceptors (Lipinski definition) is 2. The maximum absolute atomic E-state index is 8.81. The van der Waals surface area contributed by atoms with Gasteiger partial charge in [0.05, 0.1) is 0 Å². The predicted octanol–water partition coefficient (Wildman–Crippen LogP) is -0.0526. The van der Waals surface area contributed by atoms with Gasteiger partial charge in [-0.3, -0.25) is 0 Å². The summed E-state index contributed by atoms with van der Waals surface area (Å²) in [5, 5.41) is 9.78. The fourth-order valence-corrected chi connectivity index (χ4v) is 1.80. The van der Waals surface area contributed by atoms with Crippen molar-refractivity contribution in [1.29, 1.82) is 0 Å². The van der Waals surface area contributed by atoms with E-state index in [0.717, 1.165) is 18.4 Å². The number of rotatable bonds is 2. The number of aliphatic hydroxyl groups is 1. The van der Waals surface area contributed by atoms with Crippen molar-refractivity contribution in [1.82, 2.24) is 4.90 Å². The Morgan fingerprint density at radius 1 is 1.67 bits per heavy atom. The number of likely N-dealkylation sites (tertiary alicyclic amines) is 1. The van der Waals surface area contributed by atoms with E-state index < -0.39 is 0 Å². The number of aliphatic hydroxyl groups excluding tert-OH is 1. The molecule has 3 heteroatoms. The van der Waals surface area contributed by atoms with Crippen molar-refractivity contribution >= 4 is 0 Å². The van der Waals surface area contributed by atoms with Gasteiger partial charge in [-0.2, -0.15) is 0 Å². The van der Waals surface area contributed by atoms with Crippen LogP contribution in [0.5, 0.6) is 0 Å². The van der Waals surface area contributed by atoms with Crippen molar-refractivity contribution in [3.63, 3.8) is 0 Å². The predicted molar refractivity (Wildman–Crippen MR) is 31.7 cm³/mol. The van der Waals surface area contributed by atoms with E-state index in [-0.39, 0.29) is 0 Å². The minimum absolute atomic E-state index is 0.321. The monoisotopic (exact) mass is 166 g/mol. The standard InChI is InChI=1S/C6H12NO.Cr/c1-7-4-2-3-6(7)5-8;/h6,8H,1-5H2;. The zero-order valence-electron chi connectivity index (χ0n) is 5.42. The maximum atomic E-state index is 8.81. The molecule has 0 aromatic carbocycles. The quantitative estimate of drug-likeness (QED) is 0.621. The molecule has 1 saturated heterocycles. The molecule has 0 spiro atoms. The molecule has 0 radical (unpaired) electrons. The molecule has 0 amide bonds. The summed E-state index contributed by atoms with van der Waals surface area (Å²) in [6.07, 6.45) is 2.41. The van der Waals surface area contributed by atoms with Crippen LogP contribution in [0.15, 0.2) is 0 Å². The summed E-state index contributed by atoms with van der Waals surface area (Å²) in [7, 11) is 0. The van der Waals surface area contributed by atoms with Crippen LogP contribution in [0, 0.1) is 0 Å². The first-order chi connectivity index (χ1) is 4.38. The van der Waals surface area contributed by atoms with E-state index >= 15 is 0 Å². The summed E-state index contributed by atoms with van der Waals surface area (Å²) in [5.74, 6) is 0. The molecule has 0 aromatic heterocycles. The molecule has 0 aliphatic carbocycles. The van der Waals surface area contributed by atoms with Crippen molar-refractivity contribution < 1.29 is 21.4 Å². The van der Waals surface area contributed by atoms with Crippen LogP contribution in [-0.4, -0.2) is 34.6 Å². The molecule has 1 unspecified atom stereocenters. The zero-order chi connectivity index (χ0) is 6.69. The second kappa shape index (κ2) is 3.58. The average molecular weight is 166 g/mol. The third-order valence-electron chi connectivity index (χ3n) is 1.88. The fourth-order valence-electron chi connectivity index (χ4n) is 1.27. The zero-order valence-corrected chi connectivity index (χ0v) is 6.69. The van der Waals surface area contributed by atoms with Gasteiger partial charge in [0.25, 0.3) is 0 Å². The third-order valence-corrected chi connectivity index (χ3v) is 2.39. The molecule has 1 aliphatic rings. The van der Waals surface area contributed by atoms with Gasteiger partial charge in [0, 0.05) is 0 Å². The number of nitrogens with zero attached hydrogens (tertiary/aromatic N) is 1. The van der Waals surface area contributed by atoms with E-state index in [4.69, 9.17) is 5.11 Å². The molecule has 53 valence electrons. The van der Waals surface area contributed by atoms with Crippen LogP contribution >= 0.6 is 0 Å². The van der Waals surface area contributed by atoms with Gasteiger partial charge in [-0.25, -0.2) is 0 Å². The first kappa shape index (κ1) is 7.56. The summed E-state index contributed by atoms with van der Waals surface area (Å²) >= 11 is 2.96. The fraction of sp³-hybridized carbons (Fsp3) is 1.00. The summed E-state index contributed by atoms with van der Waals surface area (Å²) in [5.41, 5.74) is 0. The summed E-state index contributed by atoms with van der Waals surface area (Å²) in [6, 6.07) is 0.436. The second-order valence-electron chi connectivity index (χ2n) is 2.42. The van der Waals surface area contributed by atoms with Crippen molar-refractivity contribution in [2.24, 2.45) is 0 Å². The van der Waals surface area contributed by atoms with Gasteiger partial charge in [-0.15, -0.1) is 0 Å². The molecule has 1 rings (SSSR count). The van der Waals surface area contributed by atoms with Gasteiger partial charge in [-0.05, 0) is 0 Å². The Balaban J connectivity index is 2.32. The normalized spacial score (nSPS) is 29.2. The van der Waals surface area contributed by atoms with E-state index in [1.165, 1.54) is 6.42 Å². The van der Waals surface area contributed by atoms with Gasteiger partial charge < -0.3 is 0 Å². The molecule has 1 fully saturated rings. The van der Waals surface area contributed by atoms with Crippen LogP contribution in [0.3, 0.4) is 0 Å². The van der Waals surface area contributed by atoms with E-state index in [2.05, 4.69) is 21.2 Å². The Morgan fingerprint density at radius 3 is 2.89 bits per heavy atom. The van der Waals surface area contributed by atoms with Crippen molar-refractivity contribution in [2.75, 3.05) is 18.6 Å². The van der Waals surface area contributed by atoms with E-state index in [9.17, 15) is 0 Å². The van der Waals surface area contributed by atoms with E-state index in [1.54, 1.807) is 0 Å². The van der Waals surface area contributed by atoms with Crippen LogP contribution in [0.1, 0.15) is 12.8 Å². The van der Waals surface area contributed by atoms with Gasteiger partial charge >= 0.3 is 63.7 Å². The molecule has 2 nitrogen and oxygen atoms in total. The summed E-state index contributed by atoms with van der Waals surface area (Å²) in [4.78, 5) is 2.28. The van der Waals surface area contributed by atoms with Gasteiger partial charge in [0.15, 0.2) is 0 Å². The Hall–Kier alpha value is 0.452. The van der Waals surface area contributed by atoms with Crippen LogP contribution in [0.4, 0.5) is 0 Å². The number of hydrogen-bond donors (Lipinski definition) is 1. The Morgan fingerprint density at radius 2 is 2.44 bits per heavy atom. The summed E-state index contributed by atoms with van der Waals surface area (Å²) in [6.45, 7) is 1.47. The molecule has 0 saturated carbocycles. The Labute approximate surface area is 64.3 Å². The van der Waals surface area contributed by atoms with Crippen LogP contribution in [-0.2, 0) is 16.3 Å². The van der Waals surface area contributed by atoms with Gasteiger partial charge in [0.1, 0.15) is 0 Å². The second-order valence-corrected chi connectivity index (χ2v) is 2.82. The molecule has 1 aliphatic heterocycles. The van der Waals surface area contributed by atoms with Crippen molar-refractivity contribution in [3.8, 4) is 0 Å². The van der Waals surface area contributed by atoms with Gasteiger partial charge in [0.2, 0.25) is 0 Å². The van der Waals surface area contributed by atoms with Crippen LogP contribution in [0.2, 0.25) is 0 Å². The Bertz CT molecular complexity index is 79.1. The van der Waals surface area contributed by atoms with Crippen LogP contribution < -0.4 is 0 Å². The molecule has 0 aromatic rings. The molecular formula is C6H12CrNO. The molecule has 9 heavy (non-hydrogen) atoms. The molecule has 1 N–H and O–H groups in total. The topological polar surface area (TPSA) is 23.5 Å². The Kier molecular flexibility index (Phi) is 3.01. The third kappa shape index (κ3) is 1.68. The van der Waals surface area contributed by atoms with Crippen molar-refractivity contribution in [3.05, 3.63) is 0 Å². The van der Waals surface area contributed by atoms with E-state index in [1.807, 2.05) is 0 Å². The first-order valence-corrected chi connectivity index (χ1v) is 4.21. The van der Waals surface area contributed by atoms with E-state index in [0.29, 0.717) is 12.6 Å². The first-order valence-electron chi connectivity index (χ1n) is 3.31. The van der Waals surface area contributed by atoms with Gasteiger partial charge in [-0.1, -0.05) is 0 Å². The molecule has 1 atom stereocenters. The molecular weight excluding hydrogens is 154 g/mol. The van der Waals surface area contributed by atoms with Crippen LogP contribution in [0.25, 0.3) is 0 Å². The van der Waals surface area contributed by atoms with Crippen molar-refractivity contribution in [2.45, 2.75) is 18.9 Å². The summed E-state index contributed by atoms with van der Waals surface area (Å²) < 4.78 is 0. The minimum atomic E-state index is 0.321. The molecule has 0 bridgehead atoms. The average Bonchev–Trinajstić information content (AvgIpc) is 2.33. The molecule has 1 heterocycles. The SMILES string of the molecule is OCC1CCCN1[CH2][Cr].